The molecule has 1 aliphatic carbocycles. The Hall–Kier alpha value is -1.99. The quantitative estimate of drug-likeness (QED) is 0.880. The molecule has 20 heavy (non-hydrogen) atoms. The summed E-state index contributed by atoms with van der Waals surface area (Å²) in [6.45, 7) is 0.378. The van der Waals surface area contributed by atoms with Crippen LogP contribution in [0.1, 0.15) is 24.6 Å². The predicted molar refractivity (Wildman–Crippen MR) is 77.9 cm³/mol. The number of hydrogen-bond acceptors (Lipinski definition) is 2. The summed E-state index contributed by atoms with van der Waals surface area (Å²) < 4.78 is 15.0. The van der Waals surface area contributed by atoms with Crippen molar-refractivity contribution >= 4 is 17.4 Å². The van der Waals surface area contributed by atoms with Crippen molar-refractivity contribution in [2.45, 2.75) is 25.3 Å². The van der Waals surface area contributed by atoms with Crippen molar-refractivity contribution < 1.29 is 4.39 Å². The van der Waals surface area contributed by atoms with E-state index in [4.69, 9.17) is 23.8 Å². The Balaban J connectivity index is 2.14. The van der Waals surface area contributed by atoms with Gasteiger partial charge < -0.3 is 10.3 Å². The summed E-state index contributed by atoms with van der Waals surface area (Å²) in [5.41, 5.74) is 7.35. The van der Waals surface area contributed by atoms with Crippen LogP contribution in [0.5, 0.6) is 0 Å². The maximum Gasteiger partial charge on any atom is 0.132 e. The Labute approximate surface area is 121 Å². The Morgan fingerprint density at radius 3 is 2.85 bits per heavy atom. The number of rotatable bonds is 3. The zero-order valence-corrected chi connectivity index (χ0v) is 11.5. The number of hydrogen-bond donors (Lipinski definition) is 1. The first-order chi connectivity index (χ1) is 9.61. The van der Waals surface area contributed by atoms with E-state index in [9.17, 15) is 4.39 Å². The van der Waals surface area contributed by atoms with Gasteiger partial charge in [-0.15, -0.1) is 6.42 Å². The van der Waals surface area contributed by atoms with Crippen LogP contribution in [-0.4, -0.2) is 9.55 Å². The van der Waals surface area contributed by atoms with Crippen molar-refractivity contribution in [3.63, 3.8) is 0 Å². The second-order valence-corrected chi connectivity index (χ2v) is 5.30. The van der Waals surface area contributed by atoms with Crippen LogP contribution >= 0.6 is 11.6 Å². The third-order valence-electron chi connectivity index (χ3n) is 3.41. The predicted octanol–water partition coefficient (Wildman–Crippen LogP) is 3.44. The Morgan fingerprint density at radius 2 is 2.25 bits per heavy atom. The Bertz CT molecular complexity index is 711. The number of aromatic nitrogens is 2. The van der Waals surface area contributed by atoms with E-state index in [0.717, 1.165) is 18.7 Å². The molecule has 1 fully saturated rings. The lowest BCUT2D eigenvalue weighted by Crippen LogP contribution is -2.05. The summed E-state index contributed by atoms with van der Waals surface area (Å²) in [4.78, 5) is 4.59. The van der Waals surface area contributed by atoms with E-state index in [0.29, 0.717) is 34.6 Å². The van der Waals surface area contributed by atoms with Crippen LogP contribution < -0.4 is 5.73 Å². The van der Waals surface area contributed by atoms with Crippen LogP contribution in [0.25, 0.3) is 11.3 Å². The van der Waals surface area contributed by atoms with E-state index in [1.54, 1.807) is 6.07 Å². The molecule has 0 unspecified atom stereocenters. The van der Waals surface area contributed by atoms with Crippen LogP contribution in [0.3, 0.4) is 0 Å². The van der Waals surface area contributed by atoms with E-state index < -0.39 is 0 Å². The van der Waals surface area contributed by atoms with Gasteiger partial charge >= 0.3 is 0 Å². The molecular formula is C15H13ClFN3. The van der Waals surface area contributed by atoms with E-state index in [-0.39, 0.29) is 5.82 Å². The van der Waals surface area contributed by atoms with E-state index in [2.05, 4.69) is 10.9 Å². The van der Waals surface area contributed by atoms with Gasteiger partial charge in [0.1, 0.15) is 23.2 Å². The van der Waals surface area contributed by atoms with Gasteiger partial charge in [0.2, 0.25) is 0 Å². The molecule has 3 rings (SSSR count). The highest BCUT2D eigenvalue weighted by Gasteiger charge is 2.31. The summed E-state index contributed by atoms with van der Waals surface area (Å²) in [7, 11) is 0. The first-order valence-corrected chi connectivity index (χ1v) is 6.74. The van der Waals surface area contributed by atoms with E-state index in [1.807, 2.05) is 4.57 Å². The fourth-order valence-electron chi connectivity index (χ4n) is 2.27. The summed E-state index contributed by atoms with van der Waals surface area (Å²) in [6.07, 6.45) is 7.58. The normalized spacial score (nSPS) is 14.2. The van der Waals surface area contributed by atoms with Crippen molar-refractivity contribution in [3.05, 3.63) is 34.9 Å². The van der Waals surface area contributed by atoms with Gasteiger partial charge in [-0.2, -0.15) is 0 Å². The van der Waals surface area contributed by atoms with Crippen molar-refractivity contribution in [2.75, 3.05) is 5.73 Å². The minimum atomic E-state index is -0.386. The van der Waals surface area contributed by atoms with Crippen LogP contribution in [-0.2, 0) is 6.54 Å². The molecule has 0 bridgehead atoms. The summed E-state index contributed by atoms with van der Waals surface area (Å²) >= 11 is 6.08. The SMILES string of the molecule is C#CCn1c(C2CC2)nc(-c2ccc(F)cc2Cl)c1N. The van der Waals surface area contributed by atoms with Crippen LogP contribution in [0.2, 0.25) is 5.02 Å². The molecule has 1 aliphatic rings. The average Bonchev–Trinajstić information content (AvgIpc) is 3.19. The highest BCUT2D eigenvalue weighted by atomic mass is 35.5. The molecule has 3 nitrogen and oxygen atoms in total. The number of imidazole rings is 1. The van der Waals surface area contributed by atoms with Crippen molar-refractivity contribution in [3.8, 4) is 23.6 Å². The van der Waals surface area contributed by atoms with Crippen molar-refractivity contribution in [1.29, 1.82) is 0 Å². The first kappa shape index (κ1) is 13.0. The molecule has 2 N–H and O–H groups in total. The number of benzene rings is 1. The zero-order chi connectivity index (χ0) is 14.3. The third kappa shape index (κ3) is 2.14. The molecule has 0 saturated heterocycles. The number of nitrogen functional groups attached to an aromatic ring is 1. The van der Waals surface area contributed by atoms with E-state index >= 15 is 0 Å². The van der Waals surface area contributed by atoms with Crippen molar-refractivity contribution in [2.24, 2.45) is 0 Å². The van der Waals surface area contributed by atoms with E-state index in [1.165, 1.54) is 12.1 Å². The van der Waals surface area contributed by atoms with Crippen LogP contribution in [0.4, 0.5) is 10.2 Å². The summed E-state index contributed by atoms with van der Waals surface area (Å²) in [5.74, 6) is 4.00. The Morgan fingerprint density at radius 1 is 1.50 bits per heavy atom. The van der Waals surface area contributed by atoms with Gasteiger partial charge in [-0.25, -0.2) is 9.37 Å². The van der Waals surface area contributed by atoms with Gasteiger partial charge in [0.15, 0.2) is 0 Å². The monoisotopic (exact) mass is 289 g/mol. The third-order valence-corrected chi connectivity index (χ3v) is 3.73. The molecule has 1 heterocycles. The number of anilines is 1. The molecule has 102 valence electrons. The number of terminal acetylenes is 1. The fraction of sp³-hybridized carbons (Fsp3) is 0.267. The molecule has 1 aromatic carbocycles. The fourth-order valence-corrected chi connectivity index (χ4v) is 2.53. The largest absolute Gasteiger partial charge is 0.383 e. The minimum absolute atomic E-state index is 0.296. The van der Waals surface area contributed by atoms with Crippen molar-refractivity contribution in [1.82, 2.24) is 9.55 Å². The second-order valence-electron chi connectivity index (χ2n) is 4.89. The van der Waals surface area contributed by atoms with Gasteiger partial charge in [-0.3, -0.25) is 0 Å². The maximum atomic E-state index is 13.1. The Kier molecular flexibility index (Phi) is 3.15. The molecule has 0 radical (unpaired) electrons. The standard InChI is InChI=1S/C15H13ClFN3/c1-2-7-20-14(18)13(19-15(20)9-3-4-9)11-6-5-10(17)8-12(11)16/h1,5-6,8-9H,3-4,7,18H2. The molecule has 0 spiro atoms. The molecule has 5 heteroatoms. The first-order valence-electron chi connectivity index (χ1n) is 6.36. The van der Waals surface area contributed by atoms with Gasteiger partial charge in [0.25, 0.3) is 0 Å². The number of nitrogens with two attached hydrogens (primary N) is 1. The molecule has 0 atom stereocenters. The minimum Gasteiger partial charge on any atom is -0.383 e. The smallest absolute Gasteiger partial charge is 0.132 e. The highest BCUT2D eigenvalue weighted by Crippen LogP contribution is 2.43. The molecule has 0 amide bonds. The topological polar surface area (TPSA) is 43.8 Å². The molecule has 1 aromatic heterocycles. The van der Waals surface area contributed by atoms with Gasteiger partial charge in [0, 0.05) is 11.5 Å². The van der Waals surface area contributed by atoms with Gasteiger partial charge in [-0.1, -0.05) is 17.5 Å². The number of halogens is 2. The lowest BCUT2D eigenvalue weighted by atomic mass is 10.1. The molecule has 0 aliphatic heterocycles. The lowest BCUT2D eigenvalue weighted by molar-refractivity contribution is 0.628. The molecule has 2 aromatic rings. The zero-order valence-electron chi connectivity index (χ0n) is 10.7. The second kappa shape index (κ2) is 4.84. The van der Waals surface area contributed by atoms with Crippen LogP contribution in [0.15, 0.2) is 18.2 Å². The van der Waals surface area contributed by atoms with Crippen LogP contribution in [0, 0.1) is 18.2 Å². The van der Waals surface area contributed by atoms with Gasteiger partial charge in [0.05, 0.1) is 11.6 Å². The van der Waals surface area contributed by atoms with Gasteiger partial charge in [-0.05, 0) is 31.0 Å². The average molecular weight is 290 g/mol. The lowest BCUT2D eigenvalue weighted by Gasteiger charge is -2.05. The molecule has 1 saturated carbocycles. The maximum absolute atomic E-state index is 13.1. The number of nitrogens with zero attached hydrogens (tertiary/aromatic N) is 2. The summed E-state index contributed by atoms with van der Waals surface area (Å²) in [6, 6.07) is 4.19. The summed E-state index contributed by atoms with van der Waals surface area (Å²) in [5, 5.41) is 0.296. The highest BCUT2D eigenvalue weighted by molar-refractivity contribution is 6.33. The molecular weight excluding hydrogens is 277 g/mol.